The highest BCUT2D eigenvalue weighted by Crippen LogP contribution is 2.32. The molecule has 22 heavy (non-hydrogen) atoms. The lowest BCUT2D eigenvalue weighted by Crippen LogP contribution is -2.46. The van der Waals surface area contributed by atoms with Gasteiger partial charge >= 0.3 is 0 Å². The van der Waals surface area contributed by atoms with E-state index in [2.05, 4.69) is 9.80 Å². The fourth-order valence-electron chi connectivity index (χ4n) is 3.21. The average Bonchev–Trinajstić information content (AvgIpc) is 2.98. The van der Waals surface area contributed by atoms with Gasteiger partial charge in [0.05, 0.1) is 19.3 Å². The molecule has 0 aromatic heterocycles. The summed E-state index contributed by atoms with van der Waals surface area (Å²) in [7, 11) is 4.03. The zero-order valence-electron chi connectivity index (χ0n) is 13.5. The molecule has 2 aliphatic rings. The van der Waals surface area contributed by atoms with E-state index in [1.807, 2.05) is 38.4 Å². The van der Waals surface area contributed by atoms with Crippen molar-refractivity contribution in [3.05, 3.63) is 29.8 Å². The second-order valence-corrected chi connectivity index (χ2v) is 6.41. The van der Waals surface area contributed by atoms with Crippen molar-refractivity contribution in [3.63, 3.8) is 0 Å². The second kappa shape index (κ2) is 6.54. The fraction of sp³-hybridized carbons (Fsp3) is 0.647. The van der Waals surface area contributed by atoms with E-state index >= 15 is 0 Å². The van der Waals surface area contributed by atoms with Crippen LogP contribution in [0.1, 0.15) is 24.5 Å². The summed E-state index contributed by atoms with van der Waals surface area (Å²) in [5.41, 5.74) is 2.12. The van der Waals surface area contributed by atoms with Crippen molar-refractivity contribution < 1.29 is 14.6 Å². The predicted octanol–water partition coefficient (Wildman–Crippen LogP) is 1.62. The van der Waals surface area contributed by atoms with Crippen molar-refractivity contribution >= 4 is 5.69 Å². The van der Waals surface area contributed by atoms with Crippen LogP contribution in [-0.2, 0) is 9.47 Å². The van der Waals surface area contributed by atoms with E-state index in [1.165, 1.54) is 0 Å². The van der Waals surface area contributed by atoms with E-state index in [0.29, 0.717) is 19.8 Å². The van der Waals surface area contributed by atoms with Gasteiger partial charge in [0, 0.05) is 52.3 Å². The Bertz CT molecular complexity index is 473. The molecule has 5 heteroatoms. The maximum Gasteiger partial charge on any atom is 0.170 e. The van der Waals surface area contributed by atoms with Crippen molar-refractivity contribution in [1.82, 2.24) is 4.90 Å². The van der Waals surface area contributed by atoms with E-state index < -0.39 is 6.10 Å². The number of piperidine rings is 1. The largest absolute Gasteiger partial charge is 0.387 e. The Morgan fingerprint density at radius 1 is 1.14 bits per heavy atom. The molecule has 0 aliphatic carbocycles. The third kappa shape index (κ3) is 3.43. The third-order valence-corrected chi connectivity index (χ3v) is 4.66. The number of hydrogen-bond donors (Lipinski definition) is 1. The minimum absolute atomic E-state index is 0.338. The highest BCUT2D eigenvalue weighted by atomic mass is 16.7. The lowest BCUT2D eigenvalue weighted by atomic mass is 10.0. The second-order valence-electron chi connectivity index (χ2n) is 6.41. The van der Waals surface area contributed by atoms with Crippen molar-refractivity contribution in [2.45, 2.75) is 24.7 Å². The van der Waals surface area contributed by atoms with Gasteiger partial charge in [0.2, 0.25) is 0 Å². The van der Waals surface area contributed by atoms with Crippen molar-refractivity contribution in [2.75, 3.05) is 51.8 Å². The highest BCUT2D eigenvalue weighted by molar-refractivity contribution is 5.46. The Morgan fingerprint density at radius 2 is 1.73 bits per heavy atom. The molecule has 5 nitrogen and oxygen atoms in total. The van der Waals surface area contributed by atoms with Gasteiger partial charge < -0.3 is 24.4 Å². The van der Waals surface area contributed by atoms with Crippen molar-refractivity contribution in [2.24, 2.45) is 0 Å². The molecule has 122 valence electrons. The van der Waals surface area contributed by atoms with Crippen LogP contribution in [0.15, 0.2) is 24.3 Å². The number of ether oxygens (including phenoxy) is 2. The molecule has 1 spiro atoms. The first-order valence-corrected chi connectivity index (χ1v) is 8.04. The van der Waals surface area contributed by atoms with Crippen LogP contribution in [0.25, 0.3) is 0 Å². The van der Waals surface area contributed by atoms with Gasteiger partial charge in [-0.05, 0) is 17.7 Å². The molecular weight excluding hydrogens is 280 g/mol. The topological polar surface area (TPSA) is 45.2 Å². The van der Waals surface area contributed by atoms with Gasteiger partial charge in [-0.1, -0.05) is 12.1 Å². The van der Waals surface area contributed by atoms with Crippen LogP contribution in [0.4, 0.5) is 5.69 Å². The number of aliphatic hydroxyl groups excluding tert-OH is 1. The van der Waals surface area contributed by atoms with Crippen LogP contribution in [0.2, 0.25) is 0 Å². The number of rotatable bonds is 4. The molecule has 2 saturated heterocycles. The van der Waals surface area contributed by atoms with Gasteiger partial charge in [-0.15, -0.1) is 0 Å². The summed E-state index contributed by atoms with van der Waals surface area (Å²) >= 11 is 0. The van der Waals surface area contributed by atoms with Gasteiger partial charge in [-0.3, -0.25) is 0 Å². The summed E-state index contributed by atoms with van der Waals surface area (Å²) in [6, 6.07) is 8.11. The first kappa shape index (κ1) is 15.7. The van der Waals surface area contributed by atoms with E-state index in [9.17, 15) is 5.11 Å². The minimum Gasteiger partial charge on any atom is -0.387 e. The van der Waals surface area contributed by atoms with Crippen LogP contribution in [0, 0.1) is 0 Å². The Balaban J connectivity index is 1.52. The molecule has 0 radical (unpaired) electrons. The maximum absolute atomic E-state index is 10.4. The lowest BCUT2D eigenvalue weighted by molar-refractivity contribution is -0.186. The molecule has 2 fully saturated rings. The van der Waals surface area contributed by atoms with Crippen LogP contribution >= 0.6 is 0 Å². The van der Waals surface area contributed by atoms with Gasteiger partial charge in [-0.2, -0.15) is 0 Å². The van der Waals surface area contributed by atoms with Crippen LogP contribution in [0.5, 0.6) is 0 Å². The van der Waals surface area contributed by atoms with Crippen molar-refractivity contribution in [3.8, 4) is 0 Å². The normalized spacial score (nSPS) is 22.9. The standard InChI is InChI=1S/C17H26N2O3/c1-18(2)15-5-3-14(4-6-15)16(20)13-19-9-7-17(8-10-19)21-11-12-22-17/h3-6,16,20H,7-13H2,1-2H3. The Labute approximate surface area is 132 Å². The zero-order valence-corrected chi connectivity index (χ0v) is 13.5. The predicted molar refractivity (Wildman–Crippen MR) is 86.0 cm³/mol. The molecule has 3 rings (SSSR count). The summed E-state index contributed by atoms with van der Waals surface area (Å²) < 4.78 is 11.5. The van der Waals surface area contributed by atoms with Crippen molar-refractivity contribution in [1.29, 1.82) is 0 Å². The first-order chi connectivity index (χ1) is 10.6. The number of β-amino-alcohol motifs (C(OH)–C–C–N with tert-alkyl or cyclic N) is 1. The minimum atomic E-state index is -0.448. The lowest BCUT2D eigenvalue weighted by Gasteiger charge is -2.38. The van der Waals surface area contributed by atoms with Gasteiger partial charge in [0.25, 0.3) is 0 Å². The number of benzene rings is 1. The van der Waals surface area contributed by atoms with Crippen LogP contribution in [0.3, 0.4) is 0 Å². The van der Waals surface area contributed by atoms with E-state index in [-0.39, 0.29) is 5.79 Å². The smallest absolute Gasteiger partial charge is 0.170 e. The molecule has 0 saturated carbocycles. The summed E-state index contributed by atoms with van der Waals surface area (Å²) in [5, 5.41) is 10.4. The number of anilines is 1. The van der Waals surface area contributed by atoms with Crippen LogP contribution in [-0.4, -0.2) is 62.7 Å². The number of aliphatic hydroxyl groups is 1. The molecule has 2 aliphatic heterocycles. The summed E-state index contributed by atoms with van der Waals surface area (Å²) in [6.07, 6.45) is 1.33. The number of likely N-dealkylation sites (tertiary alicyclic amines) is 1. The molecule has 1 N–H and O–H groups in total. The molecule has 1 atom stereocenters. The van der Waals surface area contributed by atoms with E-state index in [0.717, 1.165) is 37.2 Å². The monoisotopic (exact) mass is 306 g/mol. The first-order valence-electron chi connectivity index (χ1n) is 8.04. The average molecular weight is 306 g/mol. The molecule has 0 amide bonds. The SMILES string of the molecule is CN(C)c1ccc(C(O)CN2CCC3(CC2)OCCO3)cc1. The fourth-order valence-corrected chi connectivity index (χ4v) is 3.21. The molecule has 1 aromatic rings. The summed E-state index contributed by atoms with van der Waals surface area (Å²) in [6.45, 7) is 3.90. The number of nitrogens with zero attached hydrogens (tertiary/aromatic N) is 2. The molecule has 2 heterocycles. The molecule has 1 unspecified atom stereocenters. The van der Waals surface area contributed by atoms with Gasteiger partial charge in [0.1, 0.15) is 0 Å². The Morgan fingerprint density at radius 3 is 2.27 bits per heavy atom. The summed E-state index contributed by atoms with van der Waals surface area (Å²) in [4.78, 5) is 4.35. The highest BCUT2D eigenvalue weighted by Gasteiger charge is 2.39. The van der Waals surface area contributed by atoms with E-state index in [4.69, 9.17) is 9.47 Å². The van der Waals surface area contributed by atoms with Gasteiger partial charge in [0.15, 0.2) is 5.79 Å². The Kier molecular flexibility index (Phi) is 4.68. The zero-order chi connectivity index (χ0) is 15.6. The Hall–Kier alpha value is -1.14. The quantitative estimate of drug-likeness (QED) is 0.916. The molecule has 0 bridgehead atoms. The molecule has 1 aromatic carbocycles. The number of hydrogen-bond acceptors (Lipinski definition) is 5. The maximum atomic E-state index is 10.4. The van der Waals surface area contributed by atoms with E-state index in [1.54, 1.807) is 0 Å². The summed E-state index contributed by atoms with van der Waals surface area (Å²) in [5.74, 6) is -0.338. The van der Waals surface area contributed by atoms with Gasteiger partial charge in [-0.25, -0.2) is 0 Å². The third-order valence-electron chi connectivity index (χ3n) is 4.66. The van der Waals surface area contributed by atoms with Crippen LogP contribution < -0.4 is 4.90 Å². The molecular formula is C17H26N2O3.